The second-order valence-electron chi connectivity index (χ2n) is 20.9. The van der Waals surface area contributed by atoms with Gasteiger partial charge in [-0.2, -0.15) is 0 Å². The van der Waals surface area contributed by atoms with E-state index in [9.17, 15) is 0 Å². The van der Waals surface area contributed by atoms with Crippen molar-refractivity contribution in [1.29, 1.82) is 0 Å². The lowest BCUT2D eigenvalue weighted by Crippen LogP contribution is -2.16. The van der Waals surface area contributed by atoms with Gasteiger partial charge in [0.05, 0.1) is 28.1 Å². The summed E-state index contributed by atoms with van der Waals surface area (Å²) in [7, 11) is 0. The number of anilines is 3. The van der Waals surface area contributed by atoms with E-state index in [1.807, 2.05) is 0 Å². The summed E-state index contributed by atoms with van der Waals surface area (Å²) in [5.74, 6) is 0. The fourth-order valence-corrected chi connectivity index (χ4v) is 11.0. The van der Waals surface area contributed by atoms with Crippen molar-refractivity contribution in [3.05, 3.63) is 242 Å². The zero-order valence-electron chi connectivity index (χ0n) is 40.8. The van der Waals surface area contributed by atoms with E-state index in [0.717, 1.165) is 39.4 Å². The molecule has 70 heavy (non-hydrogen) atoms. The second-order valence-corrected chi connectivity index (χ2v) is 20.9. The van der Waals surface area contributed by atoms with Crippen molar-refractivity contribution in [2.75, 3.05) is 4.90 Å². The number of para-hydroxylation sites is 4. The lowest BCUT2D eigenvalue weighted by atomic mass is 9.78. The van der Waals surface area contributed by atoms with Crippen molar-refractivity contribution in [2.24, 2.45) is 0 Å². The molecular formula is C68H56N2. The first kappa shape index (κ1) is 43.1. The zero-order valence-corrected chi connectivity index (χ0v) is 40.8. The third-order valence-corrected chi connectivity index (χ3v) is 14.5. The normalized spacial score (nSPS) is 12.1. The highest BCUT2D eigenvalue weighted by Gasteiger charge is 2.27. The van der Waals surface area contributed by atoms with Gasteiger partial charge in [-0.3, -0.25) is 0 Å². The van der Waals surface area contributed by atoms with Crippen LogP contribution in [0.5, 0.6) is 0 Å². The van der Waals surface area contributed by atoms with Crippen molar-refractivity contribution in [2.45, 2.75) is 52.4 Å². The van der Waals surface area contributed by atoms with Gasteiger partial charge < -0.3 is 9.47 Å². The molecule has 12 aromatic rings. The van der Waals surface area contributed by atoms with Crippen LogP contribution in [0, 0.1) is 0 Å². The quantitative estimate of drug-likeness (QED) is 0.145. The van der Waals surface area contributed by atoms with Gasteiger partial charge in [-0.05, 0) is 119 Å². The van der Waals surface area contributed by atoms with E-state index in [2.05, 4.69) is 282 Å². The number of benzene rings is 11. The molecule has 0 aliphatic rings. The van der Waals surface area contributed by atoms with Crippen LogP contribution in [0.2, 0.25) is 0 Å². The van der Waals surface area contributed by atoms with E-state index < -0.39 is 0 Å². The Labute approximate surface area is 411 Å². The summed E-state index contributed by atoms with van der Waals surface area (Å²) in [5.41, 5.74) is 16.6. The Morgan fingerprint density at radius 2 is 0.814 bits per heavy atom. The molecule has 0 aliphatic heterocycles. The first-order valence-corrected chi connectivity index (χ1v) is 24.7. The number of hydrogen-bond donors (Lipinski definition) is 0. The highest BCUT2D eigenvalue weighted by atomic mass is 15.2. The predicted molar refractivity (Wildman–Crippen MR) is 302 cm³/mol. The van der Waals surface area contributed by atoms with Crippen molar-refractivity contribution >= 4 is 71.2 Å². The Bertz CT molecular complexity index is 3930. The third-order valence-electron chi connectivity index (χ3n) is 14.5. The van der Waals surface area contributed by atoms with Crippen LogP contribution in [0.25, 0.3) is 93.2 Å². The van der Waals surface area contributed by atoms with E-state index in [4.69, 9.17) is 0 Å². The van der Waals surface area contributed by atoms with Gasteiger partial charge in [0, 0.05) is 27.6 Å². The van der Waals surface area contributed by atoms with E-state index in [-0.39, 0.29) is 10.8 Å². The van der Waals surface area contributed by atoms with Gasteiger partial charge in [-0.15, -0.1) is 0 Å². The minimum atomic E-state index is -0.0221. The van der Waals surface area contributed by atoms with Crippen LogP contribution in [0.1, 0.15) is 52.7 Å². The average Bonchev–Trinajstić information content (AvgIpc) is 3.73. The molecule has 0 fully saturated rings. The monoisotopic (exact) mass is 900 g/mol. The molecule has 0 spiro atoms. The van der Waals surface area contributed by atoms with Gasteiger partial charge in [-0.25, -0.2) is 0 Å². The summed E-state index contributed by atoms with van der Waals surface area (Å²) in [6.45, 7) is 14.0. The molecule has 338 valence electrons. The van der Waals surface area contributed by atoms with Gasteiger partial charge in [-0.1, -0.05) is 230 Å². The lowest BCUT2D eigenvalue weighted by Gasteiger charge is -2.31. The van der Waals surface area contributed by atoms with Crippen LogP contribution in [0.3, 0.4) is 0 Å². The molecule has 0 aliphatic carbocycles. The first-order chi connectivity index (χ1) is 34.0. The van der Waals surface area contributed by atoms with Crippen LogP contribution in [0.15, 0.2) is 231 Å². The molecule has 0 saturated carbocycles. The molecule has 0 radical (unpaired) electrons. The van der Waals surface area contributed by atoms with Gasteiger partial charge in [0.1, 0.15) is 0 Å². The number of nitrogens with zero attached hydrogens (tertiary/aromatic N) is 2. The molecule has 2 heteroatoms. The molecule has 0 bridgehead atoms. The van der Waals surface area contributed by atoms with Crippen LogP contribution >= 0.6 is 0 Å². The van der Waals surface area contributed by atoms with Crippen molar-refractivity contribution in [3.63, 3.8) is 0 Å². The van der Waals surface area contributed by atoms with Gasteiger partial charge in [0.2, 0.25) is 0 Å². The Morgan fingerprint density at radius 3 is 1.53 bits per heavy atom. The highest BCUT2D eigenvalue weighted by molar-refractivity contribution is 6.19. The molecule has 12 rings (SSSR count). The summed E-state index contributed by atoms with van der Waals surface area (Å²) in [6, 6.07) is 85.8. The third kappa shape index (κ3) is 7.26. The Kier molecular flexibility index (Phi) is 10.3. The molecule has 0 saturated heterocycles. The fraction of sp³-hybridized carbons (Fsp3) is 0.118. The Morgan fingerprint density at radius 1 is 0.314 bits per heavy atom. The van der Waals surface area contributed by atoms with Crippen molar-refractivity contribution in [3.8, 4) is 39.1 Å². The molecule has 1 aromatic heterocycles. The summed E-state index contributed by atoms with van der Waals surface area (Å²) in [4.78, 5) is 2.56. The maximum atomic E-state index is 2.56. The summed E-state index contributed by atoms with van der Waals surface area (Å²) < 4.78 is 2.43. The first-order valence-electron chi connectivity index (χ1n) is 24.7. The van der Waals surface area contributed by atoms with Crippen molar-refractivity contribution in [1.82, 2.24) is 4.57 Å². The number of fused-ring (bicyclic) bond motifs is 7. The Balaban J connectivity index is 1.18. The van der Waals surface area contributed by atoms with E-state index in [1.54, 1.807) is 0 Å². The number of hydrogen-bond acceptors (Lipinski definition) is 1. The largest absolute Gasteiger partial charge is 0.309 e. The molecule has 0 N–H and O–H groups in total. The van der Waals surface area contributed by atoms with Crippen LogP contribution in [-0.2, 0) is 10.8 Å². The van der Waals surface area contributed by atoms with Gasteiger partial charge in [0.15, 0.2) is 0 Å². The van der Waals surface area contributed by atoms with Gasteiger partial charge >= 0.3 is 0 Å². The molecule has 11 aromatic carbocycles. The van der Waals surface area contributed by atoms with Crippen LogP contribution in [0.4, 0.5) is 17.1 Å². The van der Waals surface area contributed by atoms with E-state index in [0.29, 0.717) is 0 Å². The average molecular weight is 901 g/mol. The van der Waals surface area contributed by atoms with E-state index in [1.165, 1.54) is 82.0 Å². The summed E-state index contributed by atoms with van der Waals surface area (Å²) in [6.07, 6.45) is 0. The van der Waals surface area contributed by atoms with Crippen LogP contribution in [-0.4, -0.2) is 4.57 Å². The minimum absolute atomic E-state index is 0.0221. The molecule has 2 nitrogen and oxygen atoms in total. The minimum Gasteiger partial charge on any atom is -0.309 e. The topological polar surface area (TPSA) is 8.17 Å². The highest BCUT2D eigenvalue weighted by Crippen LogP contribution is 2.51. The summed E-state index contributed by atoms with van der Waals surface area (Å²) in [5, 5.41) is 9.84. The van der Waals surface area contributed by atoms with E-state index >= 15 is 0 Å². The fourth-order valence-electron chi connectivity index (χ4n) is 11.0. The second kappa shape index (κ2) is 16.8. The maximum absolute atomic E-state index is 2.56. The van der Waals surface area contributed by atoms with Crippen LogP contribution < -0.4 is 4.90 Å². The standard InChI is InChI=1S/C68H56N2/c1-67(2,3)48-42-47(43-49(44-48)68(4,5)6)52-31-18-23-46-24-19-34-58(65(46)52)57-29-13-16-36-61(57)70(64-39-21-38-63-66(64)59-30-14-17-37-62(59)69(63)50-25-8-7-9-26-50)60-35-15-12-28-56(60)54-33-20-32-53-51-27-11-10-22-45(51)40-41-55(53)54/h7-44H,1-6H3. The zero-order chi connectivity index (χ0) is 47.7. The SMILES string of the molecule is CC(C)(C)c1cc(-c2cccc3cccc(-c4ccccc4N(c4ccccc4-c4cccc5c4ccc4ccccc45)c4cccc5c4c4ccccc4n5-c4ccccc4)c23)cc(C(C)(C)C)c1. The molecule has 0 atom stereocenters. The number of aromatic nitrogens is 1. The van der Waals surface area contributed by atoms with Gasteiger partial charge in [0.25, 0.3) is 0 Å². The molecule has 0 amide bonds. The Hall–Kier alpha value is -8.20. The lowest BCUT2D eigenvalue weighted by molar-refractivity contribution is 0.569. The molecule has 0 unspecified atom stereocenters. The summed E-state index contributed by atoms with van der Waals surface area (Å²) >= 11 is 0. The number of rotatable bonds is 7. The maximum Gasteiger partial charge on any atom is 0.0562 e. The smallest absolute Gasteiger partial charge is 0.0562 e. The predicted octanol–water partition coefficient (Wildman–Crippen LogP) is 19.3. The molecular weight excluding hydrogens is 845 g/mol. The van der Waals surface area contributed by atoms with Crippen molar-refractivity contribution < 1.29 is 0 Å². The molecule has 1 heterocycles.